The molecule has 0 aliphatic carbocycles. The molecule has 9 nitrogen and oxygen atoms in total. The summed E-state index contributed by atoms with van der Waals surface area (Å²) in [5.41, 5.74) is 0. The number of unbranched alkanes of at least 4 members (excludes halogenated alkanes) is 47. The molecule has 0 aromatic heterocycles. The first kappa shape index (κ1) is 75.8. The molecule has 0 aromatic rings. The molecule has 0 aliphatic rings. The van der Waals surface area contributed by atoms with Crippen LogP contribution in [0.4, 0.5) is 0 Å². The lowest BCUT2D eigenvalue weighted by atomic mass is 10.0. The molecule has 10 heteroatoms. The molecule has 0 rings (SSSR count). The van der Waals surface area contributed by atoms with Crippen molar-refractivity contribution in [3.05, 3.63) is 12.2 Å². The molecule has 3 atom stereocenters. The number of amides is 1. The third-order valence-electron chi connectivity index (χ3n) is 15.7. The number of carbonyl (C=O) groups excluding carboxylic acids is 2. The smallest absolute Gasteiger partial charge is 0.306 e. The number of hydrogen-bond acceptors (Lipinski definition) is 7. The van der Waals surface area contributed by atoms with Gasteiger partial charge in [0, 0.05) is 12.8 Å². The number of phosphoric ester groups is 1. The van der Waals surface area contributed by atoms with E-state index < -0.39 is 20.0 Å². The van der Waals surface area contributed by atoms with Crippen molar-refractivity contribution in [3.63, 3.8) is 0 Å². The van der Waals surface area contributed by atoms with Gasteiger partial charge in [-0.3, -0.25) is 14.2 Å². The Morgan fingerprint density at radius 3 is 1.06 bits per heavy atom. The summed E-state index contributed by atoms with van der Waals surface area (Å²) in [5, 5.41) is 3.05. The highest BCUT2D eigenvalue weighted by Crippen LogP contribution is 2.38. The SMILES string of the molecule is CCCCCCCCCCC/C=C/C(OC(=O)CCCCCCCCCCCCCCCCCCCCC)C(COP(=O)([O-])OCC[N+](C)(C)C)NC(=O)CCCCCCCCCCCCCCCCCCCCCCC. The van der Waals surface area contributed by atoms with Crippen LogP contribution >= 0.6 is 7.82 Å². The van der Waals surface area contributed by atoms with Crippen molar-refractivity contribution in [2.75, 3.05) is 40.9 Å². The summed E-state index contributed by atoms with van der Waals surface area (Å²) in [4.78, 5) is 40.1. The quantitative estimate of drug-likeness (QED) is 0.0212. The number of rotatable bonds is 63. The summed E-state index contributed by atoms with van der Waals surface area (Å²) < 4.78 is 30.4. The lowest BCUT2D eigenvalue weighted by molar-refractivity contribution is -0.870. The molecule has 0 bridgehead atoms. The van der Waals surface area contributed by atoms with Crippen molar-refractivity contribution in [2.45, 2.75) is 367 Å². The normalized spacial score (nSPS) is 13.6. The number of ether oxygens (including phenoxy) is 1. The van der Waals surface area contributed by atoms with Gasteiger partial charge in [-0.05, 0) is 31.8 Å². The van der Waals surface area contributed by atoms with E-state index in [9.17, 15) is 19.0 Å². The van der Waals surface area contributed by atoms with Crippen LogP contribution in [0, 0.1) is 0 Å². The molecule has 0 radical (unpaired) electrons. The molecule has 0 aromatic carbocycles. The Balaban J connectivity index is 5.05. The van der Waals surface area contributed by atoms with Crippen LogP contribution in [-0.2, 0) is 27.9 Å². The first-order chi connectivity index (χ1) is 37.4. The van der Waals surface area contributed by atoms with E-state index in [0.29, 0.717) is 17.4 Å². The van der Waals surface area contributed by atoms with Crippen molar-refractivity contribution < 1.29 is 37.3 Å². The average Bonchev–Trinajstić information content (AvgIpc) is 3.39. The Morgan fingerprint density at radius 2 is 0.740 bits per heavy atom. The number of carbonyl (C=O) groups is 2. The largest absolute Gasteiger partial charge is 0.756 e. The van der Waals surface area contributed by atoms with Crippen molar-refractivity contribution in [3.8, 4) is 0 Å². The minimum Gasteiger partial charge on any atom is -0.756 e. The Morgan fingerprint density at radius 1 is 0.442 bits per heavy atom. The van der Waals surface area contributed by atoms with Crippen molar-refractivity contribution in [1.29, 1.82) is 0 Å². The van der Waals surface area contributed by atoms with E-state index in [-0.39, 0.29) is 31.5 Å². The van der Waals surface area contributed by atoms with Crippen molar-refractivity contribution in [1.82, 2.24) is 5.32 Å². The lowest BCUT2D eigenvalue weighted by Gasteiger charge is -2.30. The highest BCUT2D eigenvalue weighted by atomic mass is 31.2. The van der Waals surface area contributed by atoms with Crippen LogP contribution in [0.25, 0.3) is 0 Å². The fourth-order valence-electron chi connectivity index (χ4n) is 10.5. The van der Waals surface area contributed by atoms with Gasteiger partial charge < -0.3 is 28.5 Å². The maximum absolute atomic E-state index is 13.6. The number of quaternary nitrogens is 1. The number of phosphoric acid groups is 1. The number of hydrogen-bond donors (Lipinski definition) is 1. The molecule has 458 valence electrons. The standard InChI is InChI=1S/C67H133N2O7P/c1-7-10-13-16-19-22-25-27-29-31-33-34-36-37-39-41-44-47-50-53-56-59-66(70)68-64(63-75-77(72,73)74-62-61-69(4,5)6)65(58-55-52-49-46-43-24-21-18-15-12-9-3)76-67(71)60-57-54-51-48-45-42-40-38-35-32-30-28-26-23-20-17-14-11-8-2/h55,58,64-65H,7-54,56-57,59-63H2,1-6H3,(H-,68,70,72,73)/b58-55+. The number of esters is 1. The van der Waals surface area contributed by atoms with E-state index in [1.165, 1.54) is 263 Å². The third kappa shape index (κ3) is 59.2. The molecule has 0 aliphatic heterocycles. The van der Waals surface area contributed by atoms with Gasteiger partial charge in [0.2, 0.25) is 5.91 Å². The Bertz CT molecular complexity index is 1320. The van der Waals surface area contributed by atoms with Crippen molar-refractivity contribution in [2.24, 2.45) is 0 Å². The van der Waals surface area contributed by atoms with Gasteiger partial charge in [0.05, 0.1) is 33.8 Å². The van der Waals surface area contributed by atoms with Gasteiger partial charge in [0.25, 0.3) is 7.82 Å². The van der Waals surface area contributed by atoms with Crippen LogP contribution in [0.15, 0.2) is 12.2 Å². The van der Waals surface area contributed by atoms with Crippen LogP contribution in [0.5, 0.6) is 0 Å². The van der Waals surface area contributed by atoms with E-state index in [0.717, 1.165) is 57.8 Å². The monoisotopic (exact) mass is 1110 g/mol. The molecule has 0 fully saturated rings. The zero-order valence-corrected chi connectivity index (χ0v) is 53.3. The predicted octanol–water partition coefficient (Wildman–Crippen LogP) is 20.5. The average molecular weight is 1110 g/mol. The summed E-state index contributed by atoms with van der Waals surface area (Å²) in [7, 11) is 1.21. The second kappa shape index (κ2) is 58.0. The zero-order chi connectivity index (χ0) is 56.4. The molecule has 77 heavy (non-hydrogen) atoms. The van der Waals surface area contributed by atoms with E-state index in [1.54, 1.807) is 0 Å². The Hall–Kier alpha value is -1.25. The van der Waals surface area contributed by atoms with E-state index in [2.05, 4.69) is 26.1 Å². The Kier molecular flexibility index (Phi) is 57.0. The molecule has 0 spiro atoms. The summed E-state index contributed by atoms with van der Waals surface area (Å²) in [6.45, 7) is 6.91. The first-order valence-electron chi connectivity index (χ1n) is 34.0. The molecular formula is C67H133N2O7P. The second-order valence-corrected chi connectivity index (χ2v) is 26.1. The molecular weight excluding hydrogens is 976 g/mol. The van der Waals surface area contributed by atoms with Crippen LogP contribution in [0.2, 0.25) is 0 Å². The number of nitrogens with one attached hydrogen (secondary N) is 1. The van der Waals surface area contributed by atoms with Crippen LogP contribution in [0.3, 0.4) is 0 Å². The fourth-order valence-corrected chi connectivity index (χ4v) is 11.2. The van der Waals surface area contributed by atoms with E-state index >= 15 is 0 Å². The molecule has 1 amide bonds. The summed E-state index contributed by atoms with van der Waals surface area (Å²) in [6, 6.07) is -0.880. The molecule has 0 heterocycles. The molecule has 0 saturated carbocycles. The summed E-state index contributed by atoms with van der Waals surface area (Å²) >= 11 is 0. The highest BCUT2D eigenvalue weighted by molar-refractivity contribution is 7.45. The summed E-state index contributed by atoms with van der Waals surface area (Å²) in [6.07, 6.45) is 67.6. The van der Waals surface area contributed by atoms with Gasteiger partial charge in [0.1, 0.15) is 19.3 Å². The second-order valence-electron chi connectivity index (χ2n) is 24.7. The minimum atomic E-state index is -4.69. The minimum absolute atomic E-state index is 0.0166. The van der Waals surface area contributed by atoms with Gasteiger partial charge in [-0.1, -0.05) is 322 Å². The highest BCUT2D eigenvalue weighted by Gasteiger charge is 2.27. The van der Waals surface area contributed by atoms with Crippen LogP contribution < -0.4 is 10.2 Å². The number of likely N-dealkylation sites (N-methyl/N-ethyl adjacent to an activating group) is 1. The molecule has 1 N–H and O–H groups in total. The summed E-state index contributed by atoms with van der Waals surface area (Å²) in [5.74, 6) is -0.516. The lowest BCUT2D eigenvalue weighted by Crippen LogP contribution is -2.47. The number of nitrogens with zero attached hydrogens (tertiary/aromatic N) is 1. The fraction of sp³-hybridized carbons (Fsp3) is 0.940. The van der Waals surface area contributed by atoms with Gasteiger partial charge in [-0.2, -0.15) is 0 Å². The first-order valence-corrected chi connectivity index (χ1v) is 35.5. The predicted molar refractivity (Wildman–Crippen MR) is 330 cm³/mol. The number of allylic oxidation sites excluding steroid dienone is 1. The zero-order valence-electron chi connectivity index (χ0n) is 52.5. The van der Waals surface area contributed by atoms with Crippen LogP contribution in [0.1, 0.15) is 355 Å². The van der Waals surface area contributed by atoms with Crippen molar-refractivity contribution >= 4 is 19.7 Å². The van der Waals surface area contributed by atoms with Gasteiger partial charge in [0.15, 0.2) is 0 Å². The third-order valence-corrected chi connectivity index (χ3v) is 16.7. The molecule has 0 saturated heterocycles. The van der Waals surface area contributed by atoms with Gasteiger partial charge >= 0.3 is 5.97 Å². The van der Waals surface area contributed by atoms with Crippen LogP contribution in [-0.4, -0.2) is 69.4 Å². The van der Waals surface area contributed by atoms with Gasteiger partial charge in [-0.15, -0.1) is 0 Å². The van der Waals surface area contributed by atoms with Gasteiger partial charge in [-0.25, -0.2) is 0 Å². The molecule has 3 unspecified atom stereocenters. The van der Waals surface area contributed by atoms with E-state index in [1.807, 2.05) is 33.3 Å². The Labute approximate surface area is 480 Å². The van der Waals surface area contributed by atoms with E-state index in [4.69, 9.17) is 13.8 Å². The maximum Gasteiger partial charge on any atom is 0.306 e. The maximum atomic E-state index is 13.6. The topological polar surface area (TPSA) is 114 Å².